The third-order valence-electron chi connectivity index (χ3n) is 2.72. The number of nitrogens with one attached hydrogen (secondary N) is 1. The van der Waals surface area contributed by atoms with Crippen molar-refractivity contribution in [1.29, 1.82) is 5.26 Å². The van der Waals surface area contributed by atoms with Gasteiger partial charge in [0, 0.05) is 24.7 Å². The fourth-order valence-electron chi connectivity index (χ4n) is 1.73. The van der Waals surface area contributed by atoms with Crippen LogP contribution < -0.4 is 5.32 Å². The maximum absolute atomic E-state index is 12.2. The van der Waals surface area contributed by atoms with Crippen LogP contribution in [-0.4, -0.2) is 30.4 Å². The molecule has 3 rings (SSSR count). The van der Waals surface area contributed by atoms with E-state index in [1.165, 1.54) is 23.2 Å². The molecule has 3 aromatic rings. The van der Waals surface area contributed by atoms with E-state index in [4.69, 9.17) is 5.26 Å². The summed E-state index contributed by atoms with van der Waals surface area (Å²) >= 11 is 0. The summed E-state index contributed by atoms with van der Waals surface area (Å²) in [5, 5.41) is 11.7. The Morgan fingerprint density at radius 2 is 2.18 bits per heavy atom. The quantitative estimate of drug-likeness (QED) is 0.776. The Morgan fingerprint density at radius 3 is 2.86 bits per heavy atom. The minimum atomic E-state index is -0.451. The fraction of sp³-hybridized carbons (Fsp3) is 0. The van der Waals surface area contributed by atoms with Crippen molar-refractivity contribution in [3.05, 3.63) is 60.7 Å². The summed E-state index contributed by atoms with van der Waals surface area (Å²) in [4.78, 5) is 28.2. The van der Waals surface area contributed by atoms with E-state index in [0.29, 0.717) is 5.69 Å². The van der Waals surface area contributed by atoms with Crippen LogP contribution in [0.25, 0.3) is 5.95 Å². The molecule has 1 N–H and O–H groups in total. The Labute approximate surface area is 125 Å². The molecular formula is C14H9N7O. The predicted octanol–water partition coefficient (Wildman–Crippen LogP) is 1.18. The number of imidazole rings is 1. The number of nitrogens with zero attached hydrogens (tertiary/aromatic N) is 6. The van der Waals surface area contributed by atoms with Crippen LogP contribution >= 0.6 is 0 Å². The first-order valence-corrected chi connectivity index (χ1v) is 6.25. The van der Waals surface area contributed by atoms with Gasteiger partial charge in [0.25, 0.3) is 5.91 Å². The molecule has 0 radical (unpaired) electrons. The lowest BCUT2D eigenvalue weighted by Gasteiger charge is -2.06. The fourth-order valence-corrected chi connectivity index (χ4v) is 1.73. The summed E-state index contributed by atoms with van der Waals surface area (Å²) in [5.41, 5.74) is 0.711. The molecule has 0 unspecified atom stereocenters. The van der Waals surface area contributed by atoms with Gasteiger partial charge in [0.15, 0.2) is 0 Å². The highest BCUT2D eigenvalue weighted by atomic mass is 16.1. The van der Waals surface area contributed by atoms with Crippen molar-refractivity contribution in [1.82, 2.24) is 24.5 Å². The van der Waals surface area contributed by atoms with E-state index >= 15 is 0 Å². The Kier molecular flexibility index (Phi) is 3.53. The molecule has 8 heteroatoms. The van der Waals surface area contributed by atoms with E-state index < -0.39 is 5.91 Å². The minimum Gasteiger partial charge on any atom is -0.319 e. The maximum atomic E-state index is 12.2. The lowest BCUT2D eigenvalue weighted by atomic mass is 10.3. The molecule has 0 aliphatic rings. The third-order valence-corrected chi connectivity index (χ3v) is 2.72. The highest BCUT2D eigenvalue weighted by Crippen LogP contribution is 2.09. The molecule has 0 atom stereocenters. The van der Waals surface area contributed by atoms with Gasteiger partial charge in [-0.1, -0.05) is 0 Å². The monoisotopic (exact) mass is 291 g/mol. The molecule has 8 nitrogen and oxygen atoms in total. The average molecular weight is 291 g/mol. The van der Waals surface area contributed by atoms with Gasteiger partial charge in [0.1, 0.15) is 23.8 Å². The van der Waals surface area contributed by atoms with E-state index in [2.05, 4.69) is 25.3 Å². The van der Waals surface area contributed by atoms with Gasteiger partial charge >= 0.3 is 0 Å². The highest BCUT2D eigenvalue weighted by Gasteiger charge is 2.13. The molecule has 106 valence electrons. The number of hydrogen-bond donors (Lipinski definition) is 1. The molecule has 1 amide bonds. The van der Waals surface area contributed by atoms with Crippen LogP contribution in [0.1, 0.15) is 16.2 Å². The molecule has 0 aliphatic heterocycles. The van der Waals surface area contributed by atoms with Gasteiger partial charge in [-0.25, -0.2) is 15.0 Å². The maximum Gasteiger partial charge on any atom is 0.274 e. The van der Waals surface area contributed by atoms with Gasteiger partial charge in [0.2, 0.25) is 5.95 Å². The van der Waals surface area contributed by atoms with Crippen molar-refractivity contribution in [2.45, 2.75) is 0 Å². The van der Waals surface area contributed by atoms with Crippen LogP contribution in [0.5, 0.6) is 0 Å². The molecule has 0 spiro atoms. The lowest BCUT2D eigenvalue weighted by molar-refractivity contribution is 0.102. The SMILES string of the molecule is N#Cc1cc(C(=O)Nc2cccnc2)nc(-n2ccnc2)n1. The van der Waals surface area contributed by atoms with Crippen LogP contribution in [0.15, 0.2) is 49.3 Å². The van der Waals surface area contributed by atoms with E-state index in [1.807, 2.05) is 6.07 Å². The normalized spacial score (nSPS) is 9.95. The second-order valence-corrected chi connectivity index (χ2v) is 4.22. The summed E-state index contributed by atoms with van der Waals surface area (Å²) in [5.74, 6) is -0.249. The van der Waals surface area contributed by atoms with Crippen molar-refractivity contribution < 1.29 is 4.79 Å². The first-order chi connectivity index (χ1) is 10.8. The van der Waals surface area contributed by atoms with Crippen molar-refractivity contribution in [2.24, 2.45) is 0 Å². The second-order valence-electron chi connectivity index (χ2n) is 4.22. The zero-order valence-electron chi connectivity index (χ0n) is 11.2. The lowest BCUT2D eigenvalue weighted by Crippen LogP contribution is -2.16. The minimum absolute atomic E-state index is 0.0825. The van der Waals surface area contributed by atoms with Gasteiger partial charge in [-0.15, -0.1) is 0 Å². The summed E-state index contributed by atoms with van der Waals surface area (Å²) in [6, 6.07) is 6.64. The molecular weight excluding hydrogens is 282 g/mol. The number of carbonyl (C=O) groups is 1. The van der Waals surface area contributed by atoms with Gasteiger partial charge < -0.3 is 5.32 Å². The highest BCUT2D eigenvalue weighted by molar-refractivity contribution is 6.02. The Balaban J connectivity index is 1.95. The second kappa shape index (κ2) is 5.80. The van der Waals surface area contributed by atoms with Gasteiger partial charge in [0.05, 0.1) is 11.9 Å². The topological polar surface area (TPSA) is 109 Å². The molecule has 22 heavy (non-hydrogen) atoms. The van der Waals surface area contributed by atoms with Crippen LogP contribution in [0.4, 0.5) is 5.69 Å². The number of carbonyl (C=O) groups excluding carboxylic acids is 1. The van der Waals surface area contributed by atoms with E-state index in [9.17, 15) is 4.79 Å². The number of pyridine rings is 1. The first kappa shape index (κ1) is 13.4. The van der Waals surface area contributed by atoms with Crippen molar-refractivity contribution in [3.8, 4) is 12.0 Å². The number of anilines is 1. The van der Waals surface area contributed by atoms with Crippen LogP contribution in [-0.2, 0) is 0 Å². The summed E-state index contributed by atoms with van der Waals surface area (Å²) in [6.07, 6.45) is 7.78. The number of hydrogen-bond acceptors (Lipinski definition) is 6. The number of nitriles is 1. The molecule has 0 aliphatic carbocycles. The average Bonchev–Trinajstić information content (AvgIpc) is 3.10. The van der Waals surface area contributed by atoms with E-state index in [-0.39, 0.29) is 17.3 Å². The zero-order chi connectivity index (χ0) is 15.4. The molecule has 0 saturated heterocycles. The largest absolute Gasteiger partial charge is 0.319 e. The Bertz CT molecular complexity index is 837. The smallest absolute Gasteiger partial charge is 0.274 e. The number of aromatic nitrogens is 5. The predicted molar refractivity (Wildman–Crippen MR) is 76.1 cm³/mol. The number of amides is 1. The molecule has 0 fully saturated rings. The van der Waals surface area contributed by atoms with Crippen molar-refractivity contribution in [3.63, 3.8) is 0 Å². The van der Waals surface area contributed by atoms with Gasteiger partial charge in [-0.3, -0.25) is 14.3 Å². The van der Waals surface area contributed by atoms with Crippen LogP contribution in [0.2, 0.25) is 0 Å². The molecule has 3 heterocycles. The van der Waals surface area contributed by atoms with Crippen LogP contribution in [0, 0.1) is 11.3 Å². The molecule has 3 aromatic heterocycles. The van der Waals surface area contributed by atoms with E-state index in [0.717, 1.165) is 0 Å². The van der Waals surface area contributed by atoms with Crippen molar-refractivity contribution >= 4 is 11.6 Å². The van der Waals surface area contributed by atoms with E-state index in [1.54, 1.807) is 30.7 Å². The standard InChI is InChI=1S/C14H9N7O/c15-7-11-6-12(13(22)18-10-2-1-3-16-8-10)20-14(19-11)21-5-4-17-9-21/h1-6,8-9H,(H,18,22). The Hall–Kier alpha value is -3.60. The summed E-state index contributed by atoms with van der Waals surface area (Å²) < 4.78 is 1.52. The molecule has 0 saturated carbocycles. The van der Waals surface area contributed by atoms with Gasteiger partial charge in [-0.2, -0.15) is 5.26 Å². The summed E-state index contributed by atoms with van der Waals surface area (Å²) in [7, 11) is 0. The van der Waals surface area contributed by atoms with Gasteiger partial charge in [-0.05, 0) is 12.1 Å². The van der Waals surface area contributed by atoms with Crippen LogP contribution in [0.3, 0.4) is 0 Å². The molecule has 0 aromatic carbocycles. The third kappa shape index (κ3) is 2.78. The van der Waals surface area contributed by atoms with Crippen molar-refractivity contribution in [2.75, 3.05) is 5.32 Å². The molecule has 0 bridgehead atoms. The summed E-state index contributed by atoms with van der Waals surface area (Å²) in [6.45, 7) is 0. The zero-order valence-corrected chi connectivity index (χ0v) is 11.2. The Morgan fingerprint density at radius 1 is 1.27 bits per heavy atom. The first-order valence-electron chi connectivity index (χ1n) is 6.25. The number of rotatable bonds is 3.